The number of rotatable bonds is 5. The molecule has 1 heterocycles. The van der Waals surface area contributed by atoms with Crippen molar-refractivity contribution in [1.29, 1.82) is 0 Å². The number of aryl methyl sites for hydroxylation is 1. The Labute approximate surface area is 172 Å². The van der Waals surface area contributed by atoms with Crippen LogP contribution in [-0.2, 0) is 7.05 Å². The van der Waals surface area contributed by atoms with Crippen LogP contribution in [0.2, 0.25) is 0 Å². The summed E-state index contributed by atoms with van der Waals surface area (Å²) in [6.45, 7) is 0. The van der Waals surface area contributed by atoms with Crippen molar-refractivity contribution in [3.63, 3.8) is 0 Å². The number of aromatic nitrogens is 2. The molecule has 8 heteroatoms. The topological polar surface area (TPSA) is 102 Å². The smallest absolute Gasteiger partial charge is 0.269 e. The third kappa shape index (κ3) is 3.58. The van der Waals surface area contributed by atoms with Crippen LogP contribution < -0.4 is 10.6 Å². The molecule has 1 aromatic heterocycles. The summed E-state index contributed by atoms with van der Waals surface area (Å²) in [4.78, 5) is 27.5. The Balaban J connectivity index is 1.60. The van der Waals surface area contributed by atoms with Gasteiger partial charge in [0.15, 0.2) is 0 Å². The second-order valence-corrected chi connectivity index (χ2v) is 6.78. The summed E-state index contributed by atoms with van der Waals surface area (Å²) in [6, 6.07) is 19.0. The van der Waals surface area contributed by atoms with E-state index in [4.69, 9.17) is 4.98 Å². The highest BCUT2D eigenvalue weighted by Gasteiger charge is 2.13. The lowest BCUT2D eigenvalue weighted by molar-refractivity contribution is -0.384. The second kappa shape index (κ2) is 7.67. The van der Waals surface area contributed by atoms with Gasteiger partial charge in [-0.05, 0) is 54.6 Å². The maximum atomic E-state index is 12.5. The summed E-state index contributed by atoms with van der Waals surface area (Å²) in [5.74, 6) is 0.487. The molecule has 0 aliphatic carbocycles. The zero-order chi connectivity index (χ0) is 21.3. The normalized spacial score (nSPS) is 10.7. The largest absolute Gasteiger partial charge is 0.388 e. The van der Waals surface area contributed by atoms with Gasteiger partial charge in [-0.2, -0.15) is 0 Å². The molecule has 4 aromatic rings. The molecule has 0 spiro atoms. The van der Waals surface area contributed by atoms with Gasteiger partial charge < -0.3 is 15.2 Å². The monoisotopic (exact) mass is 401 g/mol. The van der Waals surface area contributed by atoms with Crippen LogP contribution in [0.1, 0.15) is 10.4 Å². The van der Waals surface area contributed by atoms with Crippen LogP contribution in [0.25, 0.3) is 22.4 Å². The molecule has 0 aliphatic rings. The van der Waals surface area contributed by atoms with E-state index in [0.717, 1.165) is 28.1 Å². The van der Waals surface area contributed by atoms with Gasteiger partial charge in [0, 0.05) is 48.7 Å². The fourth-order valence-corrected chi connectivity index (χ4v) is 3.25. The van der Waals surface area contributed by atoms with E-state index in [1.165, 1.54) is 24.3 Å². The molecule has 3 aromatic carbocycles. The predicted molar refractivity (Wildman–Crippen MR) is 117 cm³/mol. The van der Waals surface area contributed by atoms with Crippen molar-refractivity contribution in [3.05, 3.63) is 82.4 Å². The van der Waals surface area contributed by atoms with Gasteiger partial charge in [0.25, 0.3) is 11.6 Å². The summed E-state index contributed by atoms with van der Waals surface area (Å²) in [5, 5.41) is 16.7. The quantitative estimate of drug-likeness (QED) is 0.380. The van der Waals surface area contributed by atoms with E-state index in [1.807, 2.05) is 55.1 Å². The molecule has 0 saturated carbocycles. The Bertz CT molecular complexity index is 1240. The van der Waals surface area contributed by atoms with Crippen LogP contribution in [0.15, 0.2) is 66.7 Å². The Morgan fingerprint density at radius 1 is 1.00 bits per heavy atom. The Morgan fingerprint density at radius 2 is 1.67 bits per heavy atom. The van der Waals surface area contributed by atoms with Crippen LogP contribution in [0.5, 0.6) is 0 Å². The number of carbonyl (C=O) groups is 1. The molecule has 0 unspecified atom stereocenters. The number of benzene rings is 3. The lowest BCUT2D eigenvalue weighted by atomic mass is 10.2. The van der Waals surface area contributed by atoms with Gasteiger partial charge in [0.1, 0.15) is 5.82 Å². The zero-order valence-corrected chi connectivity index (χ0v) is 16.4. The standard InChI is InChI=1S/C22H19N5O3/c1-23-16-7-3-14(4-8-16)21-25-19-12-9-17(13-20(19)26(21)2)24-22(28)15-5-10-18(11-6-15)27(29)30/h3-13,23H,1-2H3,(H,24,28). The number of imidazole rings is 1. The van der Waals surface area contributed by atoms with Crippen molar-refractivity contribution in [2.24, 2.45) is 7.05 Å². The minimum atomic E-state index is -0.498. The fourth-order valence-electron chi connectivity index (χ4n) is 3.25. The van der Waals surface area contributed by atoms with Crippen LogP contribution >= 0.6 is 0 Å². The number of nitro groups is 1. The van der Waals surface area contributed by atoms with E-state index in [-0.39, 0.29) is 11.6 Å². The summed E-state index contributed by atoms with van der Waals surface area (Å²) in [6.07, 6.45) is 0. The summed E-state index contributed by atoms with van der Waals surface area (Å²) in [5.41, 5.74) is 4.61. The molecule has 0 aliphatic heterocycles. The Hall–Kier alpha value is -4.20. The van der Waals surface area contributed by atoms with Crippen molar-refractivity contribution in [2.45, 2.75) is 0 Å². The van der Waals surface area contributed by atoms with Gasteiger partial charge in [0.2, 0.25) is 0 Å². The molecular weight excluding hydrogens is 382 g/mol. The van der Waals surface area contributed by atoms with E-state index in [1.54, 1.807) is 6.07 Å². The summed E-state index contributed by atoms with van der Waals surface area (Å²) in [7, 11) is 3.80. The minimum absolute atomic E-state index is 0.0573. The highest BCUT2D eigenvalue weighted by Crippen LogP contribution is 2.27. The summed E-state index contributed by atoms with van der Waals surface area (Å²) >= 11 is 0. The van der Waals surface area contributed by atoms with Crippen LogP contribution in [0.3, 0.4) is 0 Å². The molecule has 30 heavy (non-hydrogen) atoms. The first-order valence-electron chi connectivity index (χ1n) is 9.27. The van der Waals surface area contributed by atoms with E-state index >= 15 is 0 Å². The third-order valence-corrected chi connectivity index (χ3v) is 4.91. The predicted octanol–water partition coefficient (Wildman–Crippen LogP) is 4.44. The average Bonchev–Trinajstić information content (AvgIpc) is 3.10. The van der Waals surface area contributed by atoms with Crippen molar-refractivity contribution >= 4 is 34.0 Å². The first-order valence-corrected chi connectivity index (χ1v) is 9.27. The number of hydrogen-bond acceptors (Lipinski definition) is 5. The minimum Gasteiger partial charge on any atom is -0.388 e. The molecule has 0 fully saturated rings. The van der Waals surface area contributed by atoms with E-state index in [0.29, 0.717) is 11.3 Å². The molecule has 2 N–H and O–H groups in total. The number of fused-ring (bicyclic) bond motifs is 1. The van der Waals surface area contributed by atoms with E-state index in [9.17, 15) is 14.9 Å². The number of nitrogens with zero attached hydrogens (tertiary/aromatic N) is 3. The lowest BCUT2D eigenvalue weighted by Crippen LogP contribution is -2.11. The van der Waals surface area contributed by atoms with Gasteiger partial charge >= 0.3 is 0 Å². The molecule has 150 valence electrons. The van der Waals surface area contributed by atoms with Gasteiger partial charge in [-0.25, -0.2) is 4.98 Å². The first kappa shape index (κ1) is 19.1. The molecule has 0 radical (unpaired) electrons. The van der Waals surface area contributed by atoms with Gasteiger partial charge in [0.05, 0.1) is 16.0 Å². The van der Waals surface area contributed by atoms with Gasteiger partial charge in [-0.3, -0.25) is 14.9 Å². The molecule has 0 saturated heterocycles. The second-order valence-electron chi connectivity index (χ2n) is 6.78. The van der Waals surface area contributed by atoms with E-state index in [2.05, 4.69) is 10.6 Å². The maximum Gasteiger partial charge on any atom is 0.269 e. The molecule has 1 amide bonds. The van der Waals surface area contributed by atoms with Gasteiger partial charge in [-0.15, -0.1) is 0 Å². The Morgan fingerprint density at radius 3 is 2.30 bits per heavy atom. The number of anilines is 2. The van der Waals surface area contributed by atoms with Gasteiger partial charge in [-0.1, -0.05) is 0 Å². The molecule has 8 nitrogen and oxygen atoms in total. The fraction of sp³-hybridized carbons (Fsp3) is 0.0909. The first-order chi connectivity index (χ1) is 14.5. The molecule has 0 bridgehead atoms. The number of nitrogens with one attached hydrogen (secondary N) is 2. The number of amides is 1. The number of non-ortho nitro benzene ring substituents is 1. The van der Waals surface area contributed by atoms with Crippen LogP contribution in [0, 0.1) is 10.1 Å². The van der Waals surface area contributed by atoms with E-state index < -0.39 is 4.92 Å². The number of carbonyl (C=O) groups excluding carboxylic acids is 1. The summed E-state index contributed by atoms with van der Waals surface area (Å²) < 4.78 is 1.98. The number of nitro benzene ring substituents is 1. The molecule has 0 atom stereocenters. The highest BCUT2D eigenvalue weighted by molar-refractivity contribution is 6.05. The molecule has 4 rings (SSSR count). The Kier molecular flexibility index (Phi) is 4.89. The van der Waals surface area contributed by atoms with Crippen LogP contribution in [0.4, 0.5) is 17.1 Å². The van der Waals surface area contributed by atoms with Crippen molar-refractivity contribution in [1.82, 2.24) is 9.55 Å². The molecular formula is C22H19N5O3. The average molecular weight is 401 g/mol. The number of hydrogen-bond donors (Lipinski definition) is 2. The third-order valence-electron chi connectivity index (χ3n) is 4.91. The highest BCUT2D eigenvalue weighted by atomic mass is 16.6. The lowest BCUT2D eigenvalue weighted by Gasteiger charge is -2.07. The van der Waals surface area contributed by atoms with Crippen molar-refractivity contribution < 1.29 is 9.72 Å². The SMILES string of the molecule is CNc1ccc(-c2nc3ccc(NC(=O)c4ccc([N+](=O)[O-])cc4)cc3n2C)cc1. The van der Waals surface area contributed by atoms with Crippen molar-refractivity contribution in [3.8, 4) is 11.4 Å². The van der Waals surface area contributed by atoms with Crippen LogP contribution in [-0.4, -0.2) is 27.4 Å². The maximum absolute atomic E-state index is 12.5. The van der Waals surface area contributed by atoms with Crippen molar-refractivity contribution in [2.75, 3.05) is 17.7 Å². The zero-order valence-electron chi connectivity index (χ0n) is 16.4.